The van der Waals surface area contributed by atoms with E-state index >= 15 is 0 Å². The molecule has 2 N–H and O–H groups in total. The second-order valence-electron chi connectivity index (χ2n) is 6.06. The van der Waals surface area contributed by atoms with Crippen LogP contribution in [0.2, 0.25) is 0 Å². The minimum atomic E-state index is -0.382. The summed E-state index contributed by atoms with van der Waals surface area (Å²) in [4.78, 5) is 11.3. The summed E-state index contributed by atoms with van der Waals surface area (Å²) in [6, 6.07) is 9.85. The molecule has 5 atom stereocenters. The van der Waals surface area contributed by atoms with Gasteiger partial charge in [0.25, 0.3) is 0 Å². The largest absolute Gasteiger partial charge is 0.394 e. The average molecular weight is 333 g/mol. The first-order valence-corrected chi connectivity index (χ1v) is 8.19. The second-order valence-corrected chi connectivity index (χ2v) is 6.06. The molecular formula is C18H23NO5. The quantitative estimate of drug-likeness (QED) is 0.722. The normalized spacial score (nSPS) is 31.6. The third kappa shape index (κ3) is 3.84. The van der Waals surface area contributed by atoms with Crippen LogP contribution in [0.1, 0.15) is 12.0 Å². The summed E-state index contributed by atoms with van der Waals surface area (Å²) in [5.41, 5.74) is 1.06. The van der Waals surface area contributed by atoms with Crippen molar-refractivity contribution in [2.75, 3.05) is 13.2 Å². The van der Waals surface area contributed by atoms with Crippen molar-refractivity contribution < 1.29 is 24.1 Å². The van der Waals surface area contributed by atoms with Crippen LogP contribution in [0.3, 0.4) is 0 Å². The number of hydrogen-bond acceptors (Lipinski definition) is 5. The minimum Gasteiger partial charge on any atom is -0.394 e. The standard InChI is InChI=1S/C18H23NO5/c1-2-16(21)19-9-13-8-14-18(23-13)17(15(10-20)24-14)22-11-12-6-4-3-5-7-12/h2-7,13-15,17-18,20H,1,8-11H2,(H,19,21)/t13?,14-,15+,17+,18+/m0/s1. The fourth-order valence-electron chi connectivity index (χ4n) is 3.23. The fourth-order valence-corrected chi connectivity index (χ4v) is 3.23. The first-order valence-electron chi connectivity index (χ1n) is 8.19. The van der Waals surface area contributed by atoms with E-state index < -0.39 is 0 Å². The van der Waals surface area contributed by atoms with E-state index in [0.29, 0.717) is 19.6 Å². The number of rotatable bonds is 7. The van der Waals surface area contributed by atoms with E-state index in [1.165, 1.54) is 6.08 Å². The zero-order valence-corrected chi connectivity index (χ0v) is 13.5. The van der Waals surface area contributed by atoms with E-state index in [4.69, 9.17) is 14.2 Å². The lowest BCUT2D eigenvalue weighted by atomic mass is 10.1. The van der Waals surface area contributed by atoms with E-state index in [1.54, 1.807) is 0 Å². The van der Waals surface area contributed by atoms with Crippen LogP contribution in [0, 0.1) is 0 Å². The molecule has 2 aliphatic rings. The molecule has 1 unspecified atom stereocenters. The Hall–Kier alpha value is -1.73. The molecule has 2 aliphatic heterocycles. The summed E-state index contributed by atoms with van der Waals surface area (Å²) < 4.78 is 17.9. The van der Waals surface area contributed by atoms with Gasteiger partial charge in [-0.15, -0.1) is 0 Å². The molecule has 0 spiro atoms. The number of nitrogens with one attached hydrogen (secondary N) is 1. The van der Waals surface area contributed by atoms with E-state index in [2.05, 4.69) is 11.9 Å². The summed E-state index contributed by atoms with van der Waals surface area (Å²) in [7, 11) is 0. The summed E-state index contributed by atoms with van der Waals surface area (Å²) in [6.07, 6.45) is 0.744. The molecule has 2 saturated heterocycles. The molecule has 0 aromatic heterocycles. The van der Waals surface area contributed by atoms with Gasteiger partial charge in [0.1, 0.15) is 18.3 Å². The van der Waals surface area contributed by atoms with Crippen molar-refractivity contribution >= 4 is 5.91 Å². The molecule has 0 bridgehead atoms. The monoisotopic (exact) mass is 333 g/mol. The van der Waals surface area contributed by atoms with Crippen LogP contribution in [0.15, 0.2) is 43.0 Å². The van der Waals surface area contributed by atoms with Gasteiger partial charge >= 0.3 is 0 Å². The molecule has 2 heterocycles. The molecule has 1 aromatic carbocycles. The number of hydrogen-bond donors (Lipinski definition) is 2. The molecule has 24 heavy (non-hydrogen) atoms. The van der Waals surface area contributed by atoms with E-state index in [9.17, 15) is 9.90 Å². The molecule has 0 aliphatic carbocycles. The van der Waals surface area contributed by atoms with Gasteiger partial charge in [-0.2, -0.15) is 0 Å². The molecule has 3 rings (SSSR count). The predicted molar refractivity (Wildman–Crippen MR) is 87.3 cm³/mol. The molecular weight excluding hydrogens is 310 g/mol. The topological polar surface area (TPSA) is 77.0 Å². The van der Waals surface area contributed by atoms with Gasteiger partial charge in [-0.25, -0.2) is 0 Å². The maximum atomic E-state index is 11.3. The zero-order chi connectivity index (χ0) is 16.9. The van der Waals surface area contributed by atoms with Gasteiger partial charge in [-0.05, 0) is 11.6 Å². The van der Waals surface area contributed by atoms with Crippen LogP contribution in [0.4, 0.5) is 0 Å². The van der Waals surface area contributed by atoms with Crippen LogP contribution in [-0.2, 0) is 25.6 Å². The molecule has 0 radical (unpaired) electrons. The number of carbonyl (C=O) groups excluding carboxylic acids is 1. The number of benzene rings is 1. The average Bonchev–Trinajstić information content (AvgIpc) is 3.15. The highest BCUT2D eigenvalue weighted by atomic mass is 16.6. The maximum Gasteiger partial charge on any atom is 0.243 e. The maximum absolute atomic E-state index is 11.3. The summed E-state index contributed by atoms with van der Waals surface area (Å²) in [5, 5.41) is 12.3. The van der Waals surface area contributed by atoms with Gasteiger partial charge in [0.15, 0.2) is 0 Å². The zero-order valence-electron chi connectivity index (χ0n) is 13.5. The number of carbonyl (C=O) groups is 1. The smallest absolute Gasteiger partial charge is 0.243 e. The predicted octanol–water partition coefficient (Wildman–Crippen LogP) is 0.791. The van der Waals surface area contributed by atoms with E-state index in [-0.39, 0.29) is 43.0 Å². The molecule has 1 aromatic rings. The SMILES string of the molecule is C=CC(=O)NCC1C[C@@H]2O[C@H](CO)[C@@H](OCc3ccccc3)[C@@H]2O1. The highest BCUT2D eigenvalue weighted by Crippen LogP contribution is 2.36. The third-order valence-electron chi connectivity index (χ3n) is 4.41. The van der Waals surface area contributed by atoms with Gasteiger partial charge in [-0.3, -0.25) is 4.79 Å². The van der Waals surface area contributed by atoms with Gasteiger partial charge in [0, 0.05) is 13.0 Å². The third-order valence-corrected chi connectivity index (χ3v) is 4.41. The van der Waals surface area contributed by atoms with Crippen molar-refractivity contribution in [2.45, 2.75) is 43.5 Å². The van der Waals surface area contributed by atoms with Gasteiger partial charge in [0.2, 0.25) is 5.91 Å². The van der Waals surface area contributed by atoms with Crippen molar-refractivity contribution in [3.05, 3.63) is 48.6 Å². The van der Waals surface area contributed by atoms with Gasteiger partial charge in [-0.1, -0.05) is 36.9 Å². The fraction of sp³-hybridized carbons (Fsp3) is 0.500. The molecule has 130 valence electrons. The second kappa shape index (κ2) is 7.90. The Morgan fingerprint density at radius 2 is 2.17 bits per heavy atom. The molecule has 1 amide bonds. The van der Waals surface area contributed by atoms with E-state index in [1.807, 2.05) is 30.3 Å². The Bertz CT molecular complexity index is 564. The van der Waals surface area contributed by atoms with Crippen molar-refractivity contribution in [3.63, 3.8) is 0 Å². The van der Waals surface area contributed by atoms with Crippen LogP contribution in [-0.4, -0.2) is 54.7 Å². The summed E-state index contributed by atoms with van der Waals surface area (Å²) in [5.74, 6) is -0.221. The lowest BCUT2D eigenvalue weighted by Gasteiger charge is -2.23. The lowest BCUT2D eigenvalue weighted by molar-refractivity contribution is -0.118. The van der Waals surface area contributed by atoms with Crippen molar-refractivity contribution in [1.29, 1.82) is 0 Å². The Morgan fingerprint density at radius 3 is 2.88 bits per heavy atom. The molecule has 0 saturated carbocycles. The first kappa shape index (κ1) is 17.1. The van der Waals surface area contributed by atoms with Gasteiger partial charge in [0.05, 0.1) is 25.4 Å². The minimum absolute atomic E-state index is 0.103. The van der Waals surface area contributed by atoms with Crippen molar-refractivity contribution in [1.82, 2.24) is 5.32 Å². The highest BCUT2D eigenvalue weighted by Gasteiger charge is 2.51. The van der Waals surface area contributed by atoms with Crippen molar-refractivity contribution in [2.24, 2.45) is 0 Å². The molecule has 6 heteroatoms. The van der Waals surface area contributed by atoms with Crippen LogP contribution in [0.5, 0.6) is 0 Å². The number of ether oxygens (including phenoxy) is 3. The Balaban J connectivity index is 1.56. The van der Waals surface area contributed by atoms with Crippen LogP contribution >= 0.6 is 0 Å². The highest BCUT2D eigenvalue weighted by molar-refractivity contribution is 5.86. The number of aliphatic hydroxyl groups excluding tert-OH is 1. The van der Waals surface area contributed by atoms with Gasteiger partial charge < -0.3 is 24.6 Å². The Labute approximate surface area is 141 Å². The lowest BCUT2D eigenvalue weighted by Crippen LogP contribution is -2.38. The molecule has 2 fully saturated rings. The van der Waals surface area contributed by atoms with Crippen LogP contribution in [0.25, 0.3) is 0 Å². The Morgan fingerprint density at radius 1 is 1.38 bits per heavy atom. The first-order chi connectivity index (χ1) is 11.7. The Kier molecular flexibility index (Phi) is 5.63. The van der Waals surface area contributed by atoms with E-state index in [0.717, 1.165) is 5.56 Å². The van der Waals surface area contributed by atoms with Crippen LogP contribution < -0.4 is 5.32 Å². The number of fused-ring (bicyclic) bond motifs is 1. The van der Waals surface area contributed by atoms with Crippen molar-refractivity contribution in [3.8, 4) is 0 Å². The summed E-state index contributed by atoms with van der Waals surface area (Å²) >= 11 is 0. The number of amides is 1. The summed E-state index contributed by atoms with van der Waals surface area (Å²) in [6.45, 7) is 4.17. The number of aliphatic hydroxyl groups is 1. The molecule has 6 nitrogen and oxygen atoms in total.